The van der Waals surface area contributed by atoms with Crippen molar-refractivity contribution in [1.29, 1.82) is 0 Å². The summed E-state index contributed by atoms with van der Waals surface area (Å²) in [6, 6.07) is 10.2. The number of nitrogens with one attached hydrogen (secondary N) is 1. The second-order valence-corrected chi connectivity index (χ2v) is 5.29. The lowest BCUT2D eigenvalue weighted by molar-refractivity contribution is 0.102. The van der Waals surface area contributed by atoms with E-state index < -0.39 is 5.91 Å². The Kier molecular flexibility index (Phi) is 4.24. The Morgan fingerprint density at radius 1 is 1.25 bits per heavy atom. The maximum atomic E-state index is 12.9. The summed E-state index contributed by atoms with van der Waals surface area (Å²) in [7, 11) is 0. The fraction of sp³-hybridized carbons (Fsp3) is 0.118. The maximum absolute atomic E-state index is 12.9. The monoisotopic (exact) mass is 327 g/mol. The number of benzene rings is 1. The number of carbonyl (C=O) groups is 1. The number of pyridine rings is 1. The van der Waals surface area contributed by atoms with Gasteiger partial charge >= 0.3 is 0 Å². The van der Waals surface area contributed by atoms with Crippen molar-refractivity contribution in [3.63, 3.8) is 0 Å². The third-order valence-electron chi connectivity index (χ3n) is 3.38. The van der Waals surface area contributed by atoms with E-state index >= 15 is 0 Å². The first-order chi connectivity index (χ1) is 11.5. The number of aryl methyl sites for hydroxylation is 1. The molecule has 1 aromatic carbocycles. The van der Waals surface area contributed by atoms with Gasteiger partial charge in [0.15, 0.2) is 5.82 Å². The van der Waals surface area contributed by atoms with Crippen LogP contribution in [0.5, 0.6) is 0 Å². The molecule has 0 aliphatic carbocycles. The zero-order valence-corrected chi connectivity index (χ0v) is 12.8. The van der Waals surface area contributed by atoms with Gasteiger partial charge in [-0.25, -0.2) is 4.39 Å². The summed E-state index contributed by atoms with van der Waals surface area (Å²) < 4.78 is 19.2. The van der Waals surface area contributed by atoms with Crippen molar-refractivity contribution in [2.75, 3.05) is 5.32 Å². The molecule has 0 fully saturated rings. The van der Waals surface area contributed by atoms with Crippen molar-refractivity contribution < 1.29 is 13.7 Å². The summed E-state index contributed by atoms with van der Waals surface area (Å²) in [5, 5.41) is 6.27. The summed E-state index contributed by atoms with van der Waals surface area (Å²) in [6.45, 7) is 1.95. The van der Waals surface area contributed by atoms with Gasteiger partial charge in [-0.05, 0) is 30.7 Å². The van der Waals surface area contributed by atoms with Crippen molar-refractivity contribution in [2.24, 2.45) is 0 Å². The molecular formula is C17H14FN3O3. The highest BCUT2D eigenvalue weighted by Crippen LogP contribution is 2.10. The number of rotatable bonds is 4. The molecule has 6 nitrogen and oxygen atoms in total. The van der Waals surface area contributed by atoms with Gasteiger partial charge in [-0.15, -0.1) is 0 Å². The molecule has 0 radical (unpaired) electrons. The Morgan fingerprint density at radius 3 is 2.67 bits per heavy atom. The van der Waals surface area contributed by atoms with Gasteiger partial charge in [0.1, 0.15) is 11.6 Å². The van der Waals surface area contributed by atoms with Crippen LogP contribution in [0.1, 0.15) is 21.7 Å². The molecule has 24 heavy (non-hydrogen) atoms. The topological polar surface area (TPSA) is 77.1 Å². The van der Waals surface area contributed by atoms with Gasteiger partial charge in [0.2, 0.25) is 0 Å². The van der Waals surface area contributed by atoms with Crippen LogP contribution in [-0.4, -0.2) is 15.6 Å². The first-order valence-corrected chi connectivity index (χ1v) is 7.21. The van der Waals surface area contributed by atoms with E-state index in [4.69, 9.17) is 4.52 Å². The second-order valence-electron chi connectivity index (χ2n) is 5.29. The van der Waals surface area contributed by atoms with Gasteiger partial charge in [0.25, 0.3) is 11.5 Å². The summed E-state index contributed by atoms with van der Waals surface area (Å²) >= 11 is 0. The van der Waals surface area contributed by atoms with Crippen LogP contribution in [0.3, 0.4) is 0 Å². The highest BCUT2D eigenvalue weighted by atomic mass is 19.1. The molecular weight excluding hydrogens is 313 g/mol. The van der Waals surface area contributed by atoms with Crippen molar-refractivity contribution >= 4 is 11.7 Å². The number of nitrogens with zero attached hydrogens (tertiary/aromatic N) is 2. The molecule has 122 valence electrons. The Balaban J connectivity index is 1.81. The van der Waals surface area contributed by atoms with Crippen LogP contribution < -0.4 is 10.9 Å². The third-order valence-corrected chi connectivity index (χ3v) is 3.38. The molecule has 0 spiro atoms. The number of amides is 1. The third kappa shape index (κ3) is 3.57. The molecule has 2 aromatic heterocycles. The van der Waals surface area contributed by atoms with Gasteiger partial charge < -0.3 is 14.4 Å². The average molecular weight is 327 g/mol. The molecule has 3 aromatic rings. The van der Waals surface area contributed by atoms with Crippen molar-refractivity contribution in [1.82, 2.24) is 9.72 Å². The van der Waals surface area contributed by atoms with E-state index in [0.29, 0.717) is 17.1 Å². The summed E-state index contributed by atoms with van der Waals surface area (Å²) in [4.78, 5) is 24.2. The molecule has 0 saturated carbocycles. The molecule has 0 atom stereocenters. The largest absolute Gasteiger partial charge is 0.360 e. The van der Waals surface area contributed by atoms with E-state index in [-0.39, 0.29) is 17.9 Å². The van der Waals surface area contributed by atoms with E-state index in [2.05, 4.69) is 10.5 Å². The van der Waals surface area contributed by atoms with Crippen molar-refractivity contribution in [2.45, 2.75) is 13.5 Å². The molecule has 0 bridgehead atoms. The molecule has 0 unspecified atom stereocenters. The van der Waals surface area contributed by atoms with Crippen LogP contribution >= 0.6 is 0 Å². The van der Waals surface area contributed by atoms with E-state index in [1.807, 2.05) is 0 Å². The van der Waals surface area contributed by atoms with Crippen LogP contribution in [0.15, 0.2) is 58.0 Å². The normalized spacial score (nSPS) is 10.6. The van der Waals surface area contributed by atoms with Crippen LogP contribution in [-0.2, 0) is 6.54 Å². The number of aromatic nitrogens is 2. The Hall–Kier alpha value is -3.22. The van der Waals surface area contributed by atoms with Gasteiger partial charge in [0, 0.05) is 18.3 Å². The fourth-order valence-corrected chi connectivity index (χ4v) is 2.19. The van der Waals surface area contributed by atoms with Gasteiger partial charge in [-0.3, -0.25) is 9.59 Å². The van der Waals surface area contributed by atoms with Crippen LogP contribution in [0.4, 0.5) is 10.2 Å². The average Bonchev–Trinajstić information content (AvgIpc) is 2.96. The first kappa shape index (κ1) is 15.7. The van der Waals surface area contributed by atoms with Crippen molar-refractivity contribution in [3.8, 4) is 0 Å². The SMILES string of the molecule is Cc1cc(NC(=O)c2ccc(=O)n(Cc3ccc(F)cc3)c2)no1. The van der Waals surface area contributed by atoms with E-state index in [9.17, 15) is 14.0 Å². The molecule has 7 heteroatoms. The van der Waals surface area contributed by atoms with Gasteiger partial charge in [0.05, 0.1) is 12.1 Å². The van der Waals surface area contributed by atoms with Crippen LogP contribution in [0, 0.1) is 12.7 Å². The van der Waals surface area contributed by atoms with E-state index in [1.54, 1.807) is 25.1 Å². The van der Waals surface area contributed by atoms with Crippen molar-refractivity contribution in [3.05, 3.63) is 81.7 Å². The predicted molar refractivity (Wildman–Crippen MR) is 85.4 cm³/mol. The predicted octanol–water partition coefficient (Wildman–Crippen LogP) is 2.58. The molecule has 3 rings (SSSR count). The lowest BCUT2D eigenvalue weighted by atomic mass is 10.2. The molecule has 0 saturated heterocycles. The molecule has 1 N–H and O–H groups in total. The Morgan fingerprint density at radius 2 is 2.00 bits per heavy atom. The standard InChI is InChI=1S/C17H14FN3O3/c1-11-8-15(20-24-11)19-17(23)13-4-7-16(22)21(10-13)9-12-2-5-14(18)6-3-12/h2-8,10H,9H2,1H3,(H,19,20,23). The Labute approximate surface area is 136 Å². The molecule has 1 amide bonds. The van der Waals surface area contributed by atoms with Gasteiger partial charge in [-0.2, -0.15) is 0 Å². The number of carbonyl (C=O) groups excluding carboxylic acids is 1. The number of hydrogen-bond donors (Lipinski definition) is 1. The highest BCUT2D eigenvalue weighted by molar-refractivity contribution is 6.03. The summed E-state index contributed by atoms with van der Waals surface area (Å²) in [5.74, 6) is 0.124. The number of hydrogen-bond acceptors (Lipinski definition) is 4. The zero-order chi connectivity index (χ0) is 17.1. The first-order valence-electron chi connectivity index (χ1n) is 7.21. The summed E-state index contributed by atoms with van der Waals surface area (Å²) in [6.07, 6.45) is 1.45. The zero-order valence-electron chi connectivity index (χ0n) is 12.8. The second kappa shape index (κ2) is 6.49. The number of halogens is 1. The lowest BCUT2D eigenvalue weighted by Gasteiger charge is -2.08. The molecule has 0 aliphatic heterocycles. The maximum Gasteiger partial charge on any atom is 0.258 e. The fourth-order valence-electron chi connectivity index (χ4n) is 2.19. The minimum atomic E-state index is -0.406. The van der Waals surface area contributed by atoms with Gasteiger partial charge in [-0.1, -0.05) is 17.3 Å². The minimum absolute atomic E-state index is 0.239. The molecule has 0 aliphatic rings. The van der Waals surface area contributed by atoms with E-state index in [1.165, 1.54) is 35.0 Å². The summed E-state index contributed by atoms with van der Waals surface area (Å²) in [5.41, 5.74) is 0.800. The van der Waals surface area contributed by atoms with Crippen LogP contribution in [0.2, 0.25) is 0 Å². The minimum Gasteiger partial charge on any atom is -0.360 e. The quantitative estimate of drug-likeness (QED) is 0.799. The lowest BCUT2D eigenvalue weighted by Crippen LogP contribution is -2.22. The number of anilines is 1. The smallest absolute Gasteiger partial charge is 0.258 e. The van der Waals surface area contributed by atoms with Crippen LogP contribution in [0.25, 0.3) is 0 Å². The van der Waals surface area contributed by atoms with E-state index in [0.717, 1.165) is 5.56 Å². The Bertz CT molecular complexity index is 929. The molecule has 2 heterocycles. The highest BCUT2D eigenvalue weighted by Gasteiger charge is 2.10.